The fraction of sp³-hybridized carbons (Fsp3) is 0.647. The molecule has 4 saturated carbocycles. The summed E-state index contributed by atoms with van der Waals surface area (Å²) >= 11 is 5.88. The van der Waals surface area contributed by atoms with Crippen LogP contribution in [0.2, 0.25) is 5.02 Å². The second-order valence-electron chi connectivity index (χ2n) is 7.32. The maximum absolute atomic E-state index is 14.3. The number of benzene rings is 1. The van der Waals surface area contributed by atoms with Crippen LogP contribution in [0.3, 0.4) is 0 Å². The van der Waals surface area contributed by atoms with Crippen LogP contribution in [-0.4, -0.2) is 0 Å². The molecule has 0 amide bonds. The van der Waals surface area contributed by atoms with E-state index in [0.717, 1.165) is 11.8 Å². The Hall–Kier alpha value is -0.640. The number of rotatable bonds is 3. The van der Waals surface area contributed by atoms with E-state index in [-0.39, 0.29) is 11.9 Å². The maximum Gasteiger partial charge on any atom is 0.129 e. The largest absolute Gasteiger partial charge is 0.271 e. The van der Waals surface area contributed by atoms with E-state index in [1.807, 2.05) is 0 Å². The Balaban J connectivity index is 1.67. The first kappa shape index (κ1) is 14.0. The number of nitrogens with two attached hydrogens (primary N) is 1. The molecule has 1 aromatic rings. The molecule has 4 aliphatic rings. The average molecular weight is 309 g/mol. The Morgan fingerprint density at radius 3 is 2.24 bits per heavy atom. The molecule has 0 aliphatic heterocycles. The second-order valence-corrected chi connectivity index (χ2v) is 7.75. The van der Waals surface area contributed by atoms with Crippen molar-refractivity contribution in [2.45, 2.75) is 38.1 Å². The topological polar surface area (TPSA) is 38.0 Å². The van der Waals surface area contributed by atoms with Gasteiger partial charge < -0.3 is 0 Å². The molecule has 21 heavy (non-hydrogen) atoms. The monoisotopic (exact) mass is 308 g/mol. The molecule has 4 heteroatoms. The summed E-state index contributed by atoms with van der Waals surface area (Å²) < 4.78 is 14.3. The van der Waals surface area contributed by atoms with Crippen LogP contribution in [0.25, 0.3) is 0 Å². The minimum atomic E-state index is -0.237. The van der Waals surface area contributed by atoms with Gasteiger partial charge in [0.05, 0.1) is 6.04 Å². The van der Waals surface area contributed by atoms with Crippen molar-refractivity contribution in [3.05, 3.63) is 34.6 Å². The first-order valence-corrected chi connectivity index (χ1v) is 8.44. The normalized spacial score (nSPS) is 38.7. The first-order valence-electron chi connectivity index (χ1n) is 8.06. The lowest BCUT2D eigenvalue weighted by Crippen LogP contribution is -2.50. The van der Waals surface area contributed by atoms with Gasteiger partial charge in [-0.3, -0.25) is 11.3 Å². The lowest BCUT2D eigenvalue weighted by atomic mass is 9.50. The Labute approximate surface area is 130 Å². The van der Waals surface area contributed by atoms with Crippen molar-refractivity contribution in [2.75, 3.05) is 0 Å². The standard InChI is InChI=1S/C17H22ClFN2/c18-13-1-2-14(15(19)8-13)17(21-20)16-11-4-9-3-10(6-11)7-12(16)5-9/h1-2,8-12,16-17,21H,3-7,20H2. The van der Waals surface area contributed by atoms with E-state index in [9.17, 15) is 4.39 Å². The molecule has 0 aromatic heterocycles. The van der Waals surface area contributed by atoms with Crippen molar-refractivity contribution in [1.82, 2.24) is 5.43 Å². The highest BCUT2D eigenvalue weighted by molar-refractivity contribution is 6.30. The molecule has 4 bridgehead atoms. The molecule has 5 rings (SSSR count). The molecular weight excluding hydrogens is 287 g/mol. The summed E-state index contributed by atoms with van der Waals surface area (Å²) in [5.41, 5.74) is 3.60. The summed E-state index contributed by atoms with van der Waals surface area (Å²) in [6, 6.07) is 4.88. The zero-order valence-corrected chi connectivity index (χ0v) is 12.8. The highest BCUT2D eigenvalue weighted by Gasteiger charge is 2.50. The van der Waals surface area contributed by atoms with Gasteiger partial charge in [-0.05, 0) is 73.8 Å². The van der Waals surface area contributed by atoms with Crippen LogP contribution in [0.4, 0.5) is 4.39 Å². The maximum atomic E-state index is 14.3. The molecule has 2 nitrogen and oxygen atoms in total. The molecule has 4 fully saturated rings. The lowest BCUT2D eigenvalue weighted by Gasteiger charge is -2.56. The van der Waals surface area contributed by atoms with Gasteiger partial charge in [0.2, 0.25) is 0 Å². The summed E-state index contributed by atoms with van der Waals surface area (Å²) in [4.78, 5) is 0. The van der Waals surface area contributed by atoms with Crippen molar-refractivity contribution in [1.29, 1.82) is 0 Å². The van der Waals surface area contributed by atoms with Gasteiger partial charge in [-0.2, -0.15) is 0 Å². The van der Waals surface area contributed by atoms with Crippen LogP contribution in [0.5, 0.6) is 0 Å². The third-order valence-electron chi connectivity index (χ3n) is 6.16. The Kier molecular flexibility index (Phi) is 3.48. The Morgan fingerprint density at radius 2 is 1.71 bits per heavy atom. The fourth-order valence-corrected chi connectivity index (χ4v) is 5.83. The summed E-state index contributed by atoms with van der Waals surface area (Å²) in [6.45, 7) is 0. The molecule has 4 aliphatic carbocycles. The van der Waals surface area contributed by atoms with Crippen LogP contribution >= 0.6 is 11.6 Å². The van der Waals surface area contributed by atoms with Crippen molar-refractivity contribution in [3.8, 4) is 0 Å². The minimum Gasteiger partial charge on any atom is -0.271 e. The number of nitrogens with one attached hydrogen (secondary N) is 1. The van der Waals surface area contributed by atoms with Crippen molar-refractivity contribution in [3.63, 3.8) is 0 Å². The van der Waals surface area contributed by atoms with E-state index < -0.39 is 0 Å². The van der Waals surface area contributed by atoms with Crippen LogP contribution < -0.4 is 11.3 Å². The summed E-state index contributed by atoms with van der Waals surface area (Å²) in [6.07, 6.45) is 6.67. The summed E-state index contributed by atoms with van der Waals surface area (Å²) in [5, 5.41) is 0.442. The summed E-state index contributed by atoms with van der Waals surface area (Å²) in [5.74, 6) is 9.32. The van der Waals surface area contributed by atoms with Gasteiger partial charge in [0.25, 0.3) is 0 Å². The van der Waals surface area contributed by atoms with Gasteiger partial charge in [-0.25, -0.2) is 4.39 Å². The van der Waals surface area contributed by atoms with Crippen LogP contribution in [0.15, 0.2) is 18.2 Å². The van der Waals surface area contributed by atoms with E-state index in [1.165, 1.54) is 38.2 Å². The molecule has 0 spiro atoms. The van der Waals surface area contributed by atoms with Crippen LogP contribution in [0.1, 0.15) is 43.7 Å². The fourth-order valence-electron chi connectivity index (χ4n) is 5.67. The van der Waals surface area contributed by atoms with Crippen molar-refractivity contribution in [2.24, 2.45) is 35.4 Å². The van der Waals surface area contributed by atoms with Gasteiger partial charge >= 0.3 is 0 Å². The Morgan fingerprint density at radius 1 is 1.10 bits per heavy atom. The molecule has 0 heterocycles. The van der Waals surface area contributed by atoms with E-state index in [0.29, 0.717) is 28.3 Å². The molecule has 1 atom stereocenters. The van der Waals surface area contributed by atoms with Crippen molar-refractivity contribution < 1.29 is 4.39 Å². The van der Waals surface area contributed by atoms with E-state index in [2.05, 4.69) is 5.43 Å². The second kappa shape index (κ2) is 5.22. The van der Waals surface area contributed by atoms with Crippen LogP contribution in [-0.2, 0) is 0 Å². The van der Waals surface area contributed by atoms with E-state index in [4.69, 9.17) is 17.4 Å². The highest BCUT2D eigenvalue weighted by atomic mass is 35.5. The van der Waals surface area contributed by atoms with Gasteiger partial charge in [-0.1, -0.05) is 17.7 Å². The third-order valence-corrected chi connectivity index (χ3v) is 6.40. The molecular formula is C17H22ClFN2. The zero-order valence-electron chi connectivity index (χ0n) is 12.1. The van der Waals surface area contributed by atoms with E-state index in [1.54, 1.807) is 12.1 Å². The number of hydrazine groups is 1. The first-order chi connectivity index (χ1) is 10.2. The van der Waals surface area contributed by atoms with Gasteiger partial charge in [0, 0.05) is 10.6 Å². The molecule has 114 valence electrons. The molecule has 3 N–H and O–H groups in total. The number of halogens is 2. The molecule has 0 saturated heterocycles. The Bertz CT molecular complexity index is 520. The molecule has 1 unspecified atom stereocenters. The lowest BCUT2D eigenvalue weighted by molar-refractivity contribution is -0.0530. The minimum absolute atomic E-state index is 0.0859. The van der Waals surface area contributed by atoms with Gasteiger partial charge in [-0.15, -0.1) is 0 Å². The predicted octanol–water partition coefficient (Wildman–Crippen LogP) is 4.06. The average Bonchev–Trinajstić information content (AvgIpc) is 2.43. The SMILES string of the molecule is NNC(c1ccc(Cl)cc1F)C1C2CC3CC(C2)CC1C3. The quantitative estimate of drug-likeness (QED) is 0.653. The predicted molar refractivity (Wildman–Crippen MR) is 82.0 cm³/mol. The summed E-state index contributed by atoms with van der Waals surface area (Å²) in [7, 11) is 0. The highest BCUT2D eigenvalue weighted by Crippen LogP contribution is 2.59. The van der Waals surface area contributed by atoms with Gasteiger partial charge in [0.15, 0.2) is 0 Å². The smallest absolute Gasteiger partial charge is 0.129 e. The third kappa shape index (κ3) is 2.30. The molecule has 1 aromatic carbocycles. The van der Waals surface area contributed by atoms with Gasteiger partial charge in [0.1, 0.15) is 5.82 Å². The zero-order chi connectivity index (χ0) is 14.6. The number of hydrogen-bond acceptors (Lipinski definition) is 2. The van der Waals surface area contributed by atoms with Crippen molar-refractivity contribution >= 4 is 11.6 Å². The van der Waals surface area contributed by atoms with E-state index >= 15 is 0 Å². The molecule has 0 radical (unpaired) electrons. The van der Waals surface area contributed by atoms with Crippen LogP contribution in [0, 0.1) is 35.4 Å². The number of hydrogen-bond donors (Lipinski definition) is 2.